The molecular formula is C16H15ClN2O4S. The molecule has 2 aromatic carbocycles. The lowest BCUT2D eigenvalue weighted by atomic mass is 10.1. The van der Waals surface area contributed by atoms with Crippen LogP contribution in [0.5, 0.6) is 5.75 Å². The maximum absolute atomic E-state index is 12.8. The van der Waals surface area contributed by atoms with Gasteiger partial charge in [-0.15, -0.1) is 0 Å². The van der Waals surface area contributed by atoms with Gasteiger partial charge in [0, 0.05) is 5.56 Å². The summed E-state index contributed by atoms with van der Waals surface area (Å²) < 4.78 is 30.7. The van der Waals surface area contributed by atoms with Crippen molar-refractivity contribution in [2.24, 2.45) is 0 Å². The Morgan fingerprint density at radius 1 is 1.25 bits per heavy atom. The summed E-state index contributed by atoms with van der Waals surface area (Å²) in [7, 11) is -3.50. The van der Waals surface area contributed by atoms with Crippen LogP contribution in [0.1, 0.15) is 10.4 Å². The molecule has 1 N–H and O–H groups in total. The minimum absolute atomic E-state index is 0.173. The van der Waals surface area contributed by atoms with Crippen molar-refractivity contribution in [2.75, 3.05) is 29.0 Å². The van der Waals surface area contributed by atoms with Gasteiger partial charge in [-0.3, -0.25) is 9.52 Å². The van der Waals surface area contributed by atoms with E-state index in [9.17, 15) is 13.2 Å². The first-order valence-electron chi connectivity index (χ1n) is 7.16. The number of fused-ring (bicyclic) bond motifs is 1. The van der Waals surface area contributed by atoms with E-state index in [0.29, 0.717) is 30.2 Å². The van der Waals surface area contributed by atoms with E-state index in [4.69, 9.17) is 16.3 Å². The van der Waals surface area contributed by atoms with Crippen LogP contribution in [0.4, 0.5) is 11.4 Å². The standard InChI is InChI=1S/C16H15ClN2O4S/c1-24(21,22)18-13-10-11(6-7-12(13)17)16(20)19-8-9-23-15-5-3-2-4-14(15)19/h2-7,10,18H,8-9H2,1H3. The number of para-hydroxylation sites is 2. The van der Waals surface area contributed by atoms with Gasteiger partial charge >= 0.3 is 0 Å². The summed E-state index contributed by atoms with van der Waals surface area (Å²) in [4.78, 5) is 14.4. The number of rotatable bonds is 3. The zero-order valence-corrected chi connectivity index (χ0v) is 14.4. The highest BCUT2D eigenvalue weighted by molar-refractivity contribution is 7.92. The van der Waals surface area contributed by atoms with Crippen LogP contribution in [0.3, 0.4) is 0 Å². The van der Waals surface area contributed by atoms with E-state index in [1.807, 2.05) is 12.1 Å². The number of nitrogens with one attached hydrogen (secondary N) is 1. The molecule has 0 saturated heterocycles. The highest BCUT2D eigenvalue weighted by Crippen LogP contribution is 2.33. The molecule has 24 heavy (non-hydrogen) atoms. The molecule has 0 radical (unpaired) electrons. The van der Waals surface area contributed by atoms with Crippen LogP contribution in [0.2, 0.25) is 5.02 Å². The summed E-state index contributed by atoms with van der Waals surface area (Å²) in [5.41, 5.74) is 1.19. The van der Waals surface area contributed by atoms with Crippen molar-refractivity contribution in [1.29, 1.82) is 0 Å². The van der Waals surface area contributed by atoms with E-state index in [1.54, 1.807) is 23.1 Å². The molecule has 0 aliphatic carbocycles. The van der Waals surface area contributed by atoms with E-state index in [0.717, 1.165) is 6.26 Å². The topological polar surface area (TPSA) is 75.7 Å². The van der Waals surface area contributed by atoms with Gasteiger partial charge in [0.15, 0.2) is 0 Å². The van der Waals surface area contributed by atoms with Crippen molar-refractivity contribution < 1.29 is 17.9 Å². The van der Waals surface area contributed by atoms with E-state index in [-0.39, 0.29) is 16.6 Å². The average molecular weight is 367 g/mol. The van der Waals surface area contributed by atoms with Crippen molar-refractivity contribution in [3.05, 3.63) is 53.1 Å². The van der Waals surface area contributed by atoms with Gasteiger partial charge in [0.05, 0.1) is 29.2 Å². The zero-order valence-electron chi connectivity index (χ0n) is 12.8. The number of hydrogen-bond acceptors (Lipinski definition) is 4. The van der Waals surface area contributed by atoms with Crippen LogP contribution in [0.15, 0.2) is 42.5 Å². The largest absolute Gasteiger partial charge is 0.490 e. The van der Waals surface area contributed by atoms with Gasteiger partial charge in [-0.25, -0.2) is 8.42 Å². The molecule has 1 amide bonds. The minimum atomic E-state index is -3.50. The summed E-state index contributed by atoms with van der Waals surface area (Å²) in [5.74, 6) is 0.388. The molecule has 0 bridgehead atoms. The lowest BCUT2D eigenvalue weighted by Crippen LogP contribution is -2.37. The Hall–Kier alpha value is -2.25. The second kappa shape index (κ2) is 6.33. The normalized spacial score (nSPS) is 13.8. The van der Waals surface area contributed by atoms with Crippen molar-refractivity contribution >= 4 is 38.9 Å². The minimum Gasteiger partial charge on any atom is -0.490 e. The molecule has 8 heteroatoms. The molecule has 1 aliphatic rings. The van der Waals surface area contributed by atoms with Gasteiger partial charge in [-0.1, -0.05) is 23.7 Å². The van der Waals surface area contributed by atoms with Crippen LogP contribution in [-0.2, 0) is 10.0 Å². The van der Waals surface area contributed by atoms with Crippen molar-refractivity contribution in [3.63, 3.8) is 0 Å². The number of sulfonamides is 1. The van der Waals surface area contributed by atoms with Gasteiger partial charge < -0.3 is 9.64 Å². The number of nitrogens with zero attached hydrogens (tertiary/aromatic N) is 1. The zero-order chi connectivity index (χ0) is 17.3. The highest BCUT2D eigenvalue weighted by Gasteiger charge is 2.25. The predicted molar refractivity (Wildman–Crippen MR) is 93.5 cm³/mol. The number of halogens is 1. The van der Waals surface area contributed by atoms with E-state index >= 15 is 0 Å². The molecular weight excluding hydrogens is 352 g/mol. The number of carbonyl (C=O) groups excluding carboxylic acids is 1. The second-order valence-corrected chi connectivity index (χ2v) is 7.50. The average Bonchev–Trinajstić information content (AvgIpc) is 2.54. The van der Waals surface area contributed by atoms with Crippen molar-refractivity contribution in [1.82, 2.24) is 0 Å². The summed E-state index contributed by atoms with van der Waals surface area (Å²) in [6.45, 7) is 0.804. The number of carbonyl (C=O) groups is 1. The summed E-state index contributed by atoms with van der Waals surface area (Å²) in [5, 5.41) is 0.222. The van der Waals surface area contributed by atoms with Crippen LogP contribution < -0.4 is 14.4 Å². The van der Waals surface area contributed by atoms with Gasteiger partial charge in [0.1, 0.15) is 12.4 Å². The Bertz CT molecular complexity index is 899. The fraction of sp³-hybridized carbons (Fsp3) is 0.188. The molecule has 2 aromatic rings. The third-order valence-electron chi connectivity index (χ3n) is 3.48. The number of hydrogen-bond donors (Lipinski definition) is 1. The smallest absolute Gasteiger partial charge is 0.258 e. The fourth-order valence-corrected chi connectivity index (χ4v) is 3.26. The SMILES string of the molecule is CS(=O)(=O)Nc1cc(C(=O)N2CCOc3ccccc32)ccc1Cl. The molecule has 6 nitrogen and oxygen atoms in total. The summed E-state index contributed by atoms with van der Waals surface area (Å²) >= 11 is 6.00. The first-order chi connectivity index (χ1) is 11.3. The lowest BCUT2D eigenvalue weighted by molar-refractivity contribution is 0.0976. The number of ether oxygens (including phenoxy) is 1. The molecule has 0 atom stereocenters. The second-order valence-electron chi connectivity index (χ2n) is 5.34. The van der Waals surface area contributed by atoms with Crippen LogP contribution in [0.25, 0.3) is 0 Å². The molecule has 0 spiro atoms. The highest BCUT2D eigenvalue weighted by atomic mass is 35.5. The van der Waals surface area contributed by atoms with E-state index in [2.05, 4.69) is 4.72 Å². The summed E-state index contributed by atoms with van der Waals surface area (Å²) in [6.07, 6.45) is 1.02. The summed E-state index contributed by atoms with van der Waals surface area (Å²) in [6, 6.07) is 11.8. The first-order valence-corrected chi connectivity index (χ1v) is 9.43. The Morgan fingerprint density at radius 3 is 2.75 bits per heavy atom. The quantitative estimate of drug-likeness (QED) is 0.906. The number of amides is 1. The van der Waals surface area contributed by atoms with Gasteiger partial charge in [-0.2, -0.15) is 0 Å². The molecule has 0 unspecified atom stereocenters. The maximum Gasteiger partial charge on any atom is 0.258 e. The van der Waals surface area contributed by atoms with Gasteiger partial charge in [-0.05, 0) is 30.3 Å². The molecule has 0 aromatic heterocycles. The third kappa shape index (κ3) is 3.47. The Labute approximate surface area is 145 Å². The number of anilines is 2. The van der Waals surface area contributed by atoms with E-state index in [1.165, 1.54) is 12.1 Å². The van der Waals surface area contributed by atoms with Crippen LogP contribution >= 0.6 is 11.6 Å². The Kier molecular flexibility index (Phi) is 4.38. The number of benzene rings is 2. The monoisotopic (exact) mass is 366 g/mol. The van der Waals surface area contributed by atoms with Crippen LogP contribution in [0, 0.1) is 0 Å². The fourth-order valence-electron chi connectivity index (χ4n) is 2.47. The Morgan fingerprint density at radius 2 is 2.00 bits per heavy atom. The molecule has 1 aliphatic heterocycles. The van der Waals surface area contributed by atoms with Gasteiger partial charge in [0.2, 0.25) is 10.0 Å². The Balaban J connectivity index is 1.95. The van der Waals surface area contributed by atoms with Crippen LogP contribution in [-0.4, -0.2) is 33.7 Å². The molecule has 0 saturated carbocycles. The molecule has 1 heterocycles. The predicted octanol–water partition coefficient (Wildman–Crippen LogP) is 2.75. The molecule has 3 rings (SSSR count). The third-order valence-corrected chi connectivity index (χ3v) is 4.40. The maximum atomic E-state index is 12.8. The van der Waals surface area contributed by atoms with Gasteiger partial charge in [0.25, 0.3) is 5.91 Å². The lowest BCUT2D eigenvalue weighted by Gasteiger charge is -2.29. The molecule has 0 fully saturated rings. The van der Waals surface area contributed by atoms with Crippen molar-refractivity contribution in [2.45, 2.75) is 0 Å². The van der Waals surface area contributed by atoms with Crippen molar-refractivity contribution in [3.8, 4) is 5.75 Å². The van der Waals surface area contributed by atoms with E-state index < -0.39 is 10.0 Å². The first kappa shape index (κ1) is 16.6. The molecule has 126 valence electrons.